The van der Waals surface area contributed by atoms with E-state index in [1.807, 2.05) is 55.1 Å². The number of carbonyl (C=O) groups is 1. The Balaban J connectivity index is 1.37. The molecule has 0 N–H and O–H groups in total. The van der Waals surface area contributed by atoms with Crippen molar-refractivity contribution in [2.45, 2.75) is 25.8 Å². The lowest BCUT2D eigenvalue weighted by Gasteiger charge is -2.29. The lowest BCUT2D eigenvalue weighted by Crippen LogP contribution is -2.36. The molecule has 1 saturated heterocycles. The molecule has 0 amide bonds. The Hall–Kier alpha value is -3.45. The molecule has 0 bridgehead atoms. The molecule has 0 radical (unpaired) electrons. The van der Waals surface area contributed by atoms with Crippen molar-refractivity contribution in [3.05, 3.63) is 71.5 Å². The second kappa shape index (κ2) is 9.66. The number of hydrogen-bond donors (Lipinski definition) is 0. The highest BCUT2D eigenvalue weighted by Crippen LogP contribution is 2.31. The second-order valence-corrected chi connectivity index (χ2v) is 9.37. The fourth-order valence-corrected chi connectivity index (χ4v) is 4.64. The largest absolute Gasteiger partial charge is 0.490 e. The number of fused-ring (bicyclic) bond motifs is 1. The predicted molar refractivity (Wildman–Crippen MR) is 134 cm³/mol. The molecular formula is C28H29FN2O4. The van der Waals surface area contributed by atoms with Crippen LogP contribution >= 0.6 is 0 Å². The van der Waals surface area contributed by atoms with Crippen LogP contribution < -0.4 is 9.64 Å². The van der Waals surface area contributed by atoms with Gasteiger partial charge in [-0.05, 0) is 42.1 Å². The first-order chi connectivity index (χ1) is 16.9. The number of rotatable bonds is 7. The Morgan fingerprint density at radius 1 is 1.11 bits per heavy atom. The molecule has 1 unspecified atom stereocenters. The Morgan fingerprint density at radius 2 is 1.89 bits per heavy atom. The van der Waals surface area contributed by atoms with Crippen LogP contribution in [0.1, 0.15) is 29.8 Å². The number of halogens is 1. The van der Waals surface area contributed by atoms with E-state index in [2.05, 4.69) is 4.99 Å². The van der Waals surface area contributed by atoms with Gasteiger partial charge in [0.25, 0.3) is 0 Å². The van der Waals surface area contributed by atoms with Gasteiger partial charge in [-0.25, -0.2) is 9.38 Å². The van der Waals surface area contributed by atoms with Crippen molar-refractivity contribution >= 4 is 28.1 Å². The van der Waals surface area contributed by atoms with Gasteiger partial charge in [-0.2, -0.15) is 0 Å². The first-order valence-corrected chi connectivity index (χ1v) is 11.9. The molecule has 35 heavy (non-hydrogen) atoms. The van der Waals surface area contributed by atoms with Crippen molar-refractivity contribution in [2.24, 2.45) is 4.99 Å². The summed E-state index contributed by atoms with van der Waals surface area (Å²) in [6, 6.07) is 16.2. The summed E-state index contributed by atoms with van der Waals surface area (Å²) < 4.78 is 31.5. The molecule has 5 rings (SSSR count). The molecule has 0 aliphatic carbocycles. The molecule has 3 aromatic carbocycles. The first-order valence-electron chi connectivity index (χ1n) is 11.9. The summed E-state index contributed by atoms with van der Waals surface area (Å²) in [5.41, 5.74) is 1.54. The maximum Gasteiger partial charge on any atom is 0.180 e. The van der Waals surface area contributed by atoms with Gasteiger partial charge in [-0.15, -0.1) is 0 Å². The highest BCUT2D eigenvalue weighted by Gasteiger charge is 2.31. The first kappa shape index (κ1) is 23.3. The van der Waals surface area contributed by atoms with Gasteiger partial charge >= 0.3 is 0 Å². The monoisotopic (exact) mass is 476 g/mol. The Labute approximate surface area is 204 Å². The maximum absolute atomic E-state index is 14.4. The van der Waals surface area contributed by atoms with Crippen LogP contribution in [-0.4, -0.2) is 56.7 Å². The van der Waals surface area contributed by atoms with E-state index >= 15 is 0 Å². The van der Waals surface area contributed by atoms with Gasteiger partial charge in [-0.3, -0.25) is 4.79 Å². The third-order valence-electron chi connectivity index (χ3n) is 6.46. The predicted octanol–water partition coefficient (Wildman–Crippen LogP) is 4.83. The van der Waals surface area contributed by atoms with Crippen LogP contribution in [0.5, 0.6) is 5.75 Å². The quantitative estimate of drug-likeness (QED) is 0.458. The maximum atomic E-state index is 14.4. The zero-order valence-corrected chi connectivity index (χ0v) is 20.1. The summed E-state index contributed by atoms with van der Waals surface area (Å²) in [4.78, 5) is 19.8. The van der Waals surface area contributed by atoms with Gasteiger partial charge in [0, 0.05) is 43.1 Å². The molecule has 2 aliphatic rings. The molecule has 0 saturated carbocycles. The van der Waals surface area contributed by atoms with Gasteiger partial charge in [0.1, 0.15) is 30.3 Å². The second-order valence-electron chi connectivity index (χ2n) is 9.37. The summed E-state index contributed by atoms with van der Waals surface area (Å²) in [6.45, 7) is 7.27. The summed E-state index contributed by atoms with van der Waals surface area (Å²) >= 11 is 0. The molecule has 2 heterocycles. The minimum absolute atomic E-state index is 0.127. The van der Waals surface area contributed by atoms with Crippen LogP contribution in [-0.2, 0) is 15.9 Å². The van der Waals surface area contributed by atoms with Gasteiger partial charge in [0.05, 0.1) is 13.2 Å². The van der Waals surface area contributed by atoms with E-state index in [-0.39, 0.29) is 12.2 Å². The van der Waals surface area contributed by atoms with E-state index in [9.17, 15) is 9.18 Å². The fraction of sp³-hybridized carbons (Fsp3) is 0.357. The lowest BCUT2D eigenvalue weighted by molar-refractivity contribution is 0.0993. The number of ketones is 1. The average Bonchev–Trinajstić information content (AvgIpc) is 3.22. The summed E-state index contributed by atoms with van der Waals surface area (Å²) in [5.74, 6) is 0.869. The van der Waals surface area contributed by atoms with E-state index in [4.69, 9.17) is 14.2 Å². The number of aliphatic imine (C=N–C) groups is 1. The summed E-state index contributed by atoms with van der Waals surface area (Å²) in [6.07, 6.45) is 0.168. The number of anilines is 1. The summed E-state index contributed by atoms with van der Waals surface area (Å²) in [7, 11) is 0. The summed E-state index contributed by atoms with van der Waals surface area (Å²) in [5, 5.41) is 1.87. The normalized spacial score (nSPS) is 20.0. The molecule has 182 valence electrons. The fourth-order valence-electron chi connectivity index (χ4n) is 4.64. The highest BCUT2D eigenvalue weighted by atomic mass is 19.1. The van der Waals surface area contributed by atoms with Gasteiger partial charge in [0.15, 0.2) is 11.7 Å². The number of nitrogens with zero attached hydrogens (tertiary/aromatic N) is 2. The van der Waals surface area contributed by atoms with Crippen LogP contribution in [0, 0.1) is 5.82 Å². The molecular weight excluding hydrogens is 447 g/mol. The van der Waals surface area contributed by atoms with Crippen LogP contribution in [0.25, 0.3) is 10.8 Å². The number of ether oxygens (including phenoxy) is 3. The number of carbonyl (C=O) groups excluding carboxylic acids is 1. The molecule has 0 aromatic heterocycles. The standard InChI is InChI=1S/C28H29FN2O4/c1-19-30-28(2,17-34-19)18-35-27-8-7-20(24-5-3-4-6-25(24)27)15-26(32)21-13-22(29)16-23(14-21)31-9-11-33-12-10-31/h3-8,13-14,16H,9-12,15,17-18H2,1-2H3. The molecule has 0 spiro atoms. The van der Waals surface area contributed by atoms with E-state index in [1.165, 1.54) is 12.1 Å². The van der Waals surface area contributed by atoms with Crippen LogP contribution in [0.2, 0.25) is 0 Å². The van der Waals surface area contributed by atoms with E-state index < -0.39 is 11.4 Å². The molecule has 6 nitrogen and oxygen atoms in total. The van der Waals surface area contributed by atoms with Crippen molar-refractivity contribution in [2.75, 3.05) is 44.4 Å². The van der Waals surface area contributed by atoms with Crippen molar-refractivity contribution in [1.82, 2.24) is 0 Å². The van der Waals surface area contributed by atoms with Crippen molar-refractivity contribution in [3.63, 3.8) is 0 Å². The van der Waals surface area contributed by atoms with E-state index in [0.29, 0.717) is 56.7 Å². The highest BCUT2D eigenvalue weighted by molar-refractivity contribution is 6.01. The van der Waals surface area contributed by atoms with Crippen molar-refractivity contribution < 1.29 is 23.4 Å². The van der Waals surface area contributed by atoms with Gasteiger partial charge in [-0.1, -0.05) is 30.3 Å². The topological polar surface area (TPSA) is 60.4 Å². The van der Waals surface area contributed by atoms with Gasteiger partial charge < -0.3 is 19.1 Å². The minimum Gasteiger partial charge on any atom is -0.490 e. The van der Waals surface area contributed by atoms with Crippen molar-refractivity contribution in [1.29, 1.82) is 0 Å². The average molecular weight is 477 g/mol. The van der Waals surface area contributed by atoms with E-state index in [0.717, 1.165) is 22.1 Å². The SMILES string of the molecule is CC1=NC(C)(COc2ccc(CC(=O)c3cc(F)cc(N4CCOCC4)c3)c3ccccc23)CO1. The molecule has 1 fully saturated rings. The smallest absolute Gasteiger partial charge is 0.180 e. The third-order valence-corrected chi connectivity index (χ3v) is 6.46. The minimum atomic E-state index is -0.421. The molecule has 3 aromatic rings. The van der Waals surface area contributed by atoms with Crippen LogP contribution in [0.15, 0.2) is 59.6 Å². The van der Waals surface area contributed by atoms with E-state index in [1.54, 1.807) is 6.07 Å². The number of morpholine rings is 1. The molecule has 2 aliphatic heterocycles. The number of benzene rings is 3. The van der Waals surface area contributed by atoms with Crippen LogP contribution in [0.3, 0.4) is 0 Å². The zero-order valence-electron chi connectivity index (χ0n) is 20.1. The van der Waals surface area contributed by atoms with Crippen molar-refractivity contribution in [3.8, 4) is 5.75 Å². The lowest BCUT2D eigenvalue weighted by atomic mass is 9.96. The number of Topliss-reactive ketones (excluding diaryl/α,β-unsaturated/α-hetero) is 1. The third kappa shape index (κ3) is 5.15. The Morgan fingerprint density at radius 3 is 2.63 bits per heavy atom. The number of hydrogen-bond acceptors (Lipinski definition) is 6. The van der Waals surface area contributed by atoms with Crippen LogP contribution in [0.4, 0.5) is 10.1 Å². The Bertz CT molecular complexity index is 1290. The zero-order chi connectivity index (χ0) is 24.4. The molecule has 1 atom stereocenters. The molecule has 7 heteroatoms. The Kier molecular flexibility index (Phi) is 6.43. The van der Waals surface area contributed by atoms with Gasteiger partial charge in [0.2, 0.25) is 0 Å².